The molecule has 0 fully saturated rings. The van der Waals surface area contributed by atoms with Gasteiger partial charge in [0, 0.05) is 0 Å². The van der Waals surface area contributed by atoms with E-state index < -0.39 is 21.9 Å². The van der Waals surface area contributed by atoms with Gasteiger partial charge < -0.3 is 9.79 Å². The Morgan fingerprint density at radius 3 is 1.94 bits per heavy atom. The fourth-order valence-electron chi connectivity index (χ4n) is 1.04. The van der Waals surface area contributed by atoms with Crippen LogP contribution in [0, 0.1) is 0 Å². The van der Waals surface area contributed by atoms with Gasteiger partial charge in [0.25, 0.3) is 0 Å². The van der Waals surface area contributed by atoms with E-state index in [9.17, 15) is 13.0 Å². The third-order valence-corrected chi connectivity index (χ3v) is 7.46. The monoisotopic (exact) mass is 264 g/mol. The average Bonchev–Trinajstić information content (AvgIpc) is 2.17. The molecule has 0 unspecified atom stereocenters. The lowest BCUT2D eigenvalue weighted by Gasteiger charge is -2.25. The minimum Gasteiger partial charge on any atom is -0.323 e. The normalized spacial score (nSPS) is 13.8. The summed E-state index contributed by atoms with van der Waals surface area (Å²) in [5.74, 6) is 0. The van der Waals surface area contributed by atoms with Gasteiger partial charge in [-0.15, -0.1) is 0 Å². The van der Waals surface area contributed by atoms with Crippen molar-refractivity contribution in [1.29, 1.82) is 0 Å². The predicted molar refractivity (Wildman–Crippen MR) is 59.8 cm³/mol. The van der Waals surface area contributed by atoms with Gasteiger partial charge >= 0.3 is 7.60 Å². The van der Waals surface area contributed by atoms with Crippen molar-refractivity contribution in [2.45, 2.75) is 23.2 Å². The van der Waals surface area contributed by atoms with Crippen LogP contribution in [0.4, 0.5) is 0 Å². The van der Waals surface area contributed by atoms with Gasteiger partial charge in [0.1, 0.15) is 0 Å². The summed E-state index contributed by atoms with van der Waals surface area (Å²) in [4.78, 5) is 18.1. The number of hydrogen-bond donors (Lipinski definition) is 2. The Kier molecular flexibility index (Phi) is 3.32. The number of hydrogen-bond acceptors (Lipinski definition) is 3. The Hall–Kier alpha value is -0.680. The van der Waals surface area contributed by atoms with E-state index in [1.54, 1.807) is 6.07 Å². The van der Waals surface area contributed by atoms with Crippen LogP contribution in [0.2, 0.25) is 0 Å². The Morgan fingerprint density at radius 1 is 1.12 bits per heavy atom. The first-order valence-corrected chi connectivity index (χ1v) is 7.55. The molecule has 0 radical (unpaired) electrons. The molecule has 7 heteroatoms. The Labute approximate surface area is 94.2 Å². The molecule has 1 rings (SSSR count). The summed E-state index contributed by atoms with van der Waals surface area (Å²) in [5.41, 5.74) is 0. The molecule has 1 aromatic rings. The van der Waals surface area contributed by atoms with Gasteiger partial charge in [-0.2, -0.15) is 0 Å². The highest BCUT2D eigenvalue weighted by Crippen LogP contribution is 2.54. The summed E-state index contributed by atoms with van der Waals surface area (Å²) in [6.45, 7) is 2.05. The molecule has 2 N–H and O–H groups in total. The molecule has 0 bridgehead atoms. The highest BCUT2D eigenvalue weighted by molar-refractivity contribution is 7.99. The summed E-state index contributed by atoms with van der Waals surface area (Å²) in [7, 11) is -8.80. The Morgan fingerprint density at radius 2 is 1.56 bits per heavy atom. The topological polar surface area (TPSA) is 91.7 Å². The van der Waals surface area contributed by atoms with E-state index in [2.05, 4.69) is 0 Å². The van der Waals surface area contributed by atoms with E-state index >= 15 is 0 Å². The van der Waals surface area contributed by atoms with Crippen molar-refractivity contribution in [2.24, 2.45) is 0 Å². The van der Waals surface area contributed by atoms with Crippen LogP contribution in [0.3, 0.4) is 0 Å². The molecule has 0 saturated heterocycles. The molecule has 0 aromatic heterocycles. The largest absolute Gasteiger partial charge is 0.346 e. The summed E-state index contributed by atoms with van der Waals surface area (Å²) in [6.07, 6.45) is 0. The molecule has 1 aromatic carbocycles. The number of sulfone groups is 1. The third kappa shape index (κ3) is 2.06. The lowest BCUT2D eigenvalue weighted by molar-refractivity contribution is 0.355. The van der Waals surface area contributed by atoms with E-state index in [1.165, 1.54) is 24.3 Å². The second kappa shape index (κ2) is 3.96. The summed E-state index contributed by atoms with van der Waals surface area (Å²) in [5, 5.41) is 0. The van der Waals surface area contributed by atoms with Crippen LogP contribution in [-0.4, -0.2) is 22.7 Å². The van der Waals surface area contributed by atoms with Gasteiger partial charge in [0.15, 0.2) is 14.3 Å². The van der Waals surface area contributed by atoms with Crippen molar-refractivity contribution < 1.29 is 22.8 Å². The summed E-state index contributed by atoms with van der Waals surface area (Å²) < 4.78 is 33.1. The summed E-state index contributed by atoms with van der Waals surface area (Å²) in [6, 6.07) is 7.26. The zero-order chi connectivity index (χ0) is 12.6. The van der Waals surface area contributed by atoms with E-state index in [0.29, 0.717) is 0 Å². The van der Waals surface area contributed by atoms with E-state index in [-0.39, 0.29) is 4.90 Å². The average molecular weight is 264 g/mol. The van der Waals surface area contributed by atoms with Crippen LogP contribution >= 0.6 is 7.60 Å². The molecule has 0 aliphatic carbocycles. The minimum atomic E-state index is -4.74. The standard InChI is InChI=1S/C9H13O5PS/c1-9(2,15(10,11)12)16(13,14)8-6-4-3-5-7-8/h3-7H,1-2H3,(H2,10,11,12). The van der Waals surface area contributed by atoms with Crippen LogP contribution in [-0.2, 0) is 14.4 Å². The smallest absolute Gasteiger partial charge is 0.323 e. The van der Waals surface area contributed by atoms with E-state index in [0.717, 1.165) is 13.8 Å². The lowest BCUT2D eigenvalue weighted by atomic mass is 10.4. The maximum atomic E-state index is 12.0. The molecule has 0 aliphatic heterocycles. The Bertz CT molecular complexity index is 514. The maximum absolute atomic E-state index is 12.0. The molecule has 0 saturated carbocycles. The van der Waals surface area contributed by atoms with Gasteiger partial charge in [-0.05, 0) is 26.0 Å². The SMILES string of the molecule is CC(C)(P(=O)(O)O)S(=O)(=O)c1ccccc1. The van der Waals surface area contributed by atoms with E-state index in [1.807, 2.05) is 0 Å². The van der Waals surface area contributed by atoms with Crippen LogP contribution < -0.4 is 0 Å². The molecule has 5 nitrogen and oxygen atoms in total. The first-order chi connectivity index (χ1) is 7.11. The van der Waals surface area contributed by atoms with Gasteiger partial charge in [-0.25, -0.2) is 8.42 Å². The van der Waals surface area contributed by atoms with Gasteiger partial charge in [0.05, 0.1) is 4.90 Å². The third-order valence-electron chi connectivity index (χ3n) is 2.41. The molecule has 0 atom stereocenters. The number of rotatable bonds is 3. The lowest BCUT2D eigenvalue weighted by Crippen LogP contribution is -2.31. The predicted octanol–water partition coefficient (Wildman–Crippen LogP) is 1.37. The zero-order valence-corrected chi connectivity index (χ0v) is 10.6. The minimum absolute atomic E-state index is 0.0941. The second-order valence-corrected chi connectivity index (χ2v) is 8.81. The van der Waals surface area contributed by atoms with E-state index in [4.69, 9.17) is 9.79 Å². The first kappa shape index (κ1) is 13.4. The summed E-state index contributed by atoms with van der Waals surface area (Å²) >= 11 is 0. The van der Waals surface area contributed by atoms with Crippen LogP contribution in [0.5, 0.6) is 0 Å². The molecule has 0 heterocycles. The van der Waals surface area contributed by atoms with Crippen molar-refractivity contribution in [2.75, 3.05) is 0 Å². The zero-order valence-electron chi connectivity index (χ0n) is 8.86. The van der Waals surface area contributed by atoms with Gasteiger partial charge in [-0.1, -0.05) is 18.2 Å². The van der Waals surface area contributed by atoms with Gasteiger partial charge in [-0.3, -0.25) is 4.57 Å². The van der Waals surface area contributed by atoms with Crippen molar-refractivity contribution >= 4 is 17.4 Å². The molecule has 0 amide bonds. The number of benzene rings is 1. The van der Waals surface area contributed by atoms with Crippen LogP contribution in [0.25, 0.3) is 0 Å². The quantitative estimate of drug-likeness (QED) is 0.804. The second-order valence-electron chi connectivity index (χ2n) is 3.81. The van der Waals surface area contributed by atoms with Crippen molar-refractivity contribution in [3.63, 3.8) is 0 Å². The van der Waals surface area contributed by atoms with Crippen molar-refractivity contribution in [1.82, 2.24) is 0 Å². The fourth-order valence-corrected chi connectivity index (χ4v) is 3.71. The first-order valence-electron chi connectivity index (χ1n) is 4.46. The Balaban J connectivity index is 3.40. The molecule has 16 heavy (non-hydrogen) atoms. The van der Waals surface area contributed by atoms with Gasteiger partial charge in [0.2, 0.25) is 0 Å². The maximum Gasteiger partial charge on any atom is 0.346 e. The highest BCUT2D eigenvalue weighted by atomic mass is 32.2. The highest BCUT2D eigenvalue weighted by Gasteiger charge is 2.50. The molecular weight excluding hydrogens is 251 g/mol. The van der Waals surface area contributed by atoms with Crippen LogP contribution in [0.1, 0.15) is 13.8 Å². The van der Waals surface area contributed by atoms with Crippen LogP contribution in [0.15, 0.2) is 35.2 Å². The fraction of sp³-hybridized carbons (Fsp3) is 0.333. The molecule has 0 aliphatic rings. The van der Waals surface area contributed by atoms with Crippen molar-refractivity contribution in [3.8, 4) is 0 Å². The molecule has 90 valence electrons. The molecule has 0 spiro atoms. The molecular formula is C9H13O5PS. The van der Waals surface area contributed by atoms with Crippen molar-refractivity contribution in [3.05, 3.63) is 30.3 Å².